The maximum Gasteiger partial charge on any atom is 0.319 e. The van der Waals surface area contributed by atoms with Crippen LogP contribution in [0.3, 0.4) is 0 Å². The van der Waals surface area contributed by atoms with Gasteiger partial charge in [0.1, 0.15) is 23.7 Å². The van der Waals surface area contributed by atoms with E-state index in [1.165, 1.54) is 14.0 Å². The van der Waals surface area contributed by atoms with Crippen LogP contribution in [0.25, 0.3) is 0 Å². The van der Waals surface area contributed by atoms with Crippen LogP contribution in [0, 0.1) is 38.9 Å². The van der Waals surface area contributed by atoms with E-state index in [4.69, 9.17) is 0 Å². The van der Waals surface area contributed by atoms with Crippen molar-refractivity contribution >= 4 is 23.3 Å². The normalized spacial score (nSPS) is 8.34. The summed E-state index contributed by atoms with van der Waals surface area (Å²) in [4.78, 5) is 29.8. The number of nitrogens with one attached hydrogen (secondary N) is 5. The molecule has 0 aliphatic heterocycles. The second kappa shape index (κ2) is 20.1. The summed E-state index contributed by atoms with van der Waals surface area (Å²) in [6, 6.07) is 9.72. The zero-order valence-electron chi connectivity index (χ0n) is 20.6. The maximum absolute atomic E-state index is 10.9. The number of aryl methyl sites for hydroxylation is 2. The minimum atomic E-state index is -0.346. The number of urea groups is 1. The molecule has 0 atom stereocenters. The number of amides is 3. The number of aromatic hydroxyl groups is 2. The highest BCUT2D eigenvalue weighted by Gasteiger charge is 2.03. The van der Waals surface area contributed by atoms with Crippen molar-refractivity contribution in [1.29, 1.82) is 0 Å². The fraction of sp³-hybridized carbons (Fsp3) is 0.250. The molecule has 0 saturated heterocycles. The maximum atomic E-state index is 10.9. The summed E-state index contributed by atoms with van der Waals surface area (Å²) in [5.41, 5.74) is 7.41. The van der Waals surface area contributed by atoms with Gasteiger partial charge in [-0.05, 0) is 49.2 Å². The van der Waals surface area contributed by atoms with Gasteiger partial charge >= 0.3 is 6.03 Å². The molecule has 2 rings (SSSR count). The Hall–Kier alpha value is -4.58. The molecule has 0 spiro atoms. The van der Waals surface area contributed by atoms with Crippen LogP contribution in [-0.4, -0.2) is 43.3 Å². The van der Waals surface area contributed by atoms with Crippen LogP contribution in [0.5, 0.6) is 11.5 Å². The molecule has 11 nitrogen and oxygen atoms in total. The Morgan fingerprint density at radius 1 is 0.800 bits per heavy atom. The van der Waals surface area contributed by atoms with Gasteiger partial charge in [-0.3, -0.25) is 4.79 Å². The second-order valence-electron chi connectivity index (χ2n) is 6.27. The van der Waals surface area contributed by atoms with Crippen molar-refractivity contribution in [2.45, 2.75) is 20.8 Å². The predicted molar refractivity (Wildman–Crippen MR) is 136 cm³/mol. The van der Waals surface area contributed by atoms with Crippen LogP contribution in [0.15, 0.2) is 36.4 Å². The summed E-state index contributed by atoms with van der Waals surface area (Å²) < 4.78 is 0. The topological polar surface area (TPSA) is 153 Å². The number of terminal acetylenes is 2. The molecule has 0 radical (unpaired) electrons. The summed E-state index contributed by atoms with van der Waals surface area (Å²) in [6.45, 7) is 5.18. The molecule has 35 heavy (non-hydrogen) atoms. The van der Waals surface area contributed by atoms with Gasteiger partial charge in [0.15, 0.2) is 0 Å². The number of phenols is 2. The average Bonchev–Trinajstić information content (AvgIpc) is 2.81. The number of hydroxylamine groups is 2. The molecule has 0 saturated carbocycles. The van der Waals surface area contributed by atoms with E-state index in [9.17, 15) is 19.8 Å². The molecule has 0 fully saturated rings. The SMILES string of the molecule is C#CONC.C#CONC.CC(=O)Nc1cc(C)ccc1O.CNC(=O)Nc1cc(C)ccc1O. The molecule has 0 unspecified atom stereocenters. The van der Waals surface area contributed by atoms with Gasteiger partial charge in [0.25, 0.3) is 0 Å². The summed E-state index contributed by atoms with van der Waals surface area (Å²) >= 11 is 0. The zero-order valence-corrected chi connectivity index (χ0v) is 20.6. The molecule has 2 aromatic carbocycles. The number of benzene rings is 2. The third-order valence-corrected chi connectivity index (χ3v) is 3.41. The molecule has 190 valence electrons. The number of hydrogen-bond acceptors (Lipinski definition) is 8. The first-order chi connectivity index (χ1) is 16.6. The molecule has 0 aliphatic rings. The van der Waals surface area contributed by atoms with Crippen molar-refractivity contribution in [2.24, 2.45) is 0 Å². The minimum absolute atomic E-state index is 0.0641. The molecule has 0 aromatic heterocycles. The number of anilines is 2. The summed E-state index contributed by atoms with van der Waals surface area (Å²) in [5, 5.41) is 26.0. The second-order valence-corrected chi connectivity index (χ2v) is 6.27. The van der Waals surface area contributed by atoms with E-state index in [1.807, 2.05) is 26.1 Å². The molecule has 2 aromatic rings. The minimum Gasteiger partial charge on any atom is -0.506 e. The molecule has 3 amide bonds. The highest BCUT2D eigenvalue weighted by molar-refractivity contribution is 5.91. The van der Waals surface area contributed by atoms with Gasteiger partial charge in [0.2, 0.25) is 5.91 Å². The number of hydrogen-bond donors (Lipinski definition) is 7. The fourth-order valence-corrected chi connectivity index (χ4v) is 1.99. The molecule has 11 heteroatoms. The largest absolute Gasteiger partial charge is 0.506 e. The van der Waals surface area contributed by atoms with Crippen LogP contribution in [0.2, 0.25) is 0 Å². The lowest BCUT2D eigenvalue weighted by atomic mass is 10.2. The summed E-state index contributed by atoms with van der Waals surface area (Å²) in [7, 11) is 4.71. The highest BCUT2D eigenvalue weighted by Crippen LogP contribution is 2.24. The quantitative estimate of drug-likeness (QED) is 0.197. The third-order valence-electron chi connectivity index (χ3n) is 3.41. The zero-order chi connectivity index (χ0) is 27.2. The first-order valence-corrected chi connectivity index (χ1v) is 9.98. The van der Waals surface area contributed by atoms with Crippen molar-refractivity contribution in [1.82, 2.24) is 16.3 Å². The number of carbonyl (C=O) groups is 2. The number of carbonyl (C=O) groups excluding carboxylic acids is 2. The number of rotatable bonds is 4. The van der Waals surface area contributed by atoms with Crippen LogP contribution >= 0.6 is 0 Å². The van der Waals surface area contributed by atoms with Gasteiger partial charge in [-0.25, -0.2) is 4.79 Å². The van der Waals surface area contributed by atoms with Gasteiger partial charge < -0.3 is 35.8 Å². The Morgan fingerprint density at radius 3 is 1.49 bits per heavy atom. The Bertz CT molecular complexity index is 983. The molecule has 0 bridgehead atoms. The van der Waals surface area contributed by atoms with E-state index in [1.54, 1.807) is 50.5 Å². The molecule has 7 N–H and O–H groups in total. The molecule has 0 aliphatic carbocycles. The molecular weight excluding hydrogens is 454 g/mol. The van der Waals surface area contributed by atoms with E-state index in [2.05, 4.69) is 49.4 Å². The van der Waals surface area contributed by atoms with Crippen molar-refractivity contribution in [3.8, 4) is 36.6 Å². The van der Waals surface area contributed by atoms with Crippen LogP contribution in [-0.2, 0) is 14.5 Å². The smallest absolute Gasteiger partial charge is 0.319 e. The lowest BCUT2D eigenvalue weighted by molar-refractivity contribution is -0.114. The summed E-state index contributed by atoms with van der Waals surface area (Å²) in [5.74, 6) is -0.0269. The van der Waals surface area contributed by atoms with Crippen LogP contribution < -0.4 is 26.9 Å². The van der Waals surface area contributed by atoms with E-state index in [0.717, 1.165) is 11.1 Å². The van der Waals surface area contributed by atoms with E-state index in [0.29, 0.717) is 11.4 Å². The van der Waals surface area contributed by atoms with Gasteiger partial charge in [-0.1, -0.05) is 25.0 Å². The Morgan fingerprint density at radius 2 is 1.20 bits per heavy atom. The highest BCUT2D eigenvalue weighted by atomic mass is 16.6. The van der Waals surface area contributed by atoms with Crippen molar-refractivity contribution < 1.29 is 29.5 Å². The standard InChI is InChI=1S/C9H12N2O2.C9H11NO2.2C3H5NO/c1-6-3-4-8(12)7(5-6)11-9(13)10-2;1-6-3-4-9(12)8(5-6)10-7(2)11;2*1-3-5-4-2/h3-5,12H,1-2H3,(H2,10,11,13);3-5,12H,1-2H3,(H,10,11);2*1,4H,2H3. The Kier molecular flexibility index (Phi) is 18.7. The van der Waals surface area contributed by atoms with E-state index in [-0.39, 0.29) is 23.4 Å². The lowest BCUT2D eigenvalue weighted by Crippen LogP contribution is -2.24. The van der Waals surface area contributed by atoms with Crippen molar-refractivity contribution in [3.63, 3.8) is 0 Å². The fourth-order valence-electron chi connectivity index (χ4n) is 1.99. The van der Waals surface area contributed by atoms with E-state index >= 15 is 0 Å². The van der Waals surface area contributed by atoms with Crippen LogP contribution in [0.1, 0.15) is 18.1 Å². The first kappa shape index (κ1) is 32.6. The van der Waals surface area contributed by atoms with Crippen LogP contribution in [0.4, 0.5) is 16.2 Å². The van der Waals surface area contributed by atoms with Gasteiger partial charge in [-0.15, -0.1) is 11.0 Å². The summed E-state index contributed by atoms with van der Waals surface area (Å²) in [6.07, 6.45) is 13.0. The molecule has 0 heterocycles. The Labute approximate surface area is 206 Å². The van der Waals surface area contributed by atoms with Gasteiger partial charge in [0.05, 0.1) is 11.4 Å². The first-order valence-electron chi connectivity index (χ1n) is 9.98. The van der Waals surface area contributed by atoms with Crippen molar-refractivity contribution in [3.05, 3.63) is 47.5 Å². The van der Waals surface area contributed by atoms with Crippen molar-refractivity contribution in [2.75, 3.05) is 31.8 Å². The van der Waals surface area contributed by atoms with Gasteiger partial charge in [0, 0.05) is 28.1 Å². The van der Waals surface area contributed by atoms with Gasteiger partial charge in [-0.2, -0.15) is 0 Å². The lowest BCUT2D eigenvalue weighted by Gasteiger charge is -2.06. The number of phenolic OH excluding ortho intramolecular Hbond substituents is 2. The van der Waals surface area contributed by atoms with E-state index < -0.39 is 0 Å². The Balaban J connectivity index is 0. The average molecular weight is 488 g/mol. The predicted octanol–water partition coefficient (Wildman–Crippen LogP) is 2.57. The molecular formula is C24H33N5O6. The third kappa shape index (κ3) is 17.6. The monoisotopic (exact) mass is 487 g/mol.